The lowest BCUT2D eigenvalue weighted by Gasteiger charge is -2.23. The van der Waals surface area contributed by atoms with Gasteiger partial charge in [-0.05, 0) is 26.2 Å². The lowest BCUT2D eigenvalue weighted by molar-refractivity contribution is -0.121. The maximum atomic E-state index is 13.2. The Morgan fingerprint density at radius 1 is 1.25 bits per heavy atom. The Balaban J connectivity index is 1.93. The smallest absolute Gasteiger partial charge is 0.291 e. The molecule has 2 amide bonds. The fourth-order valence-electron chi connectivity index (χ4n) is 3.17. The van der Waals surface area contributed by atoms with Crippen LogP contribution in [0.25, 0.3) is 10.9 Å². The first kappa shape index (κ1) is 20.1. The second-order valence-electron chi connectivity index (χ2n) is 8.49. The van der Waals surface area contributed by atoms with E-state index in [1.54, 1.807) is 0 Å². The van der Waals surface area contributed by atoms with Crippen molar-refractivity contribution < 1.29 is 9.59 Å². The van der Waals surface area contributed by atoms with Crippen molar-refractivity contribution in [2.24, 2.45) is 10.5 Å². The van der Waals surface area contributed by atoms with Crippen molar-refractivity contribution in [3.05, 3.63) is 36.0 Å². The third kappa shape index (κ3) is 4.25. The minimum atomic E-state index is -0.252. The monoisotopic (exact) mass is 383 g/mol. The van der Waals surface area contributed by atoms with Crippen LogP contribution in [0.1, 0.15) is 31.3 Å². The number of likely N-dealkylation sites (N-methyl/N-ethyl adjacent to an activating group) is 1. The van der Waals surface area contributed by atoms with E-state index in [4.69, 9.17) is 0 Å². The van der Waals surface area contributed by atoms with Crippen molar-refractivity contribution in [1.82, 2.24) is 19.8 Å². The van der Waals surface area contributed by atoms with E-state index in [0.29, 0.717) is 18.8 Å². The van der Waals surface area contributed by atoms with E-state index >= 15 is 0 Å². The van der Waals surface area contributed by atoms with Gasteiger partial charge in [0.15, 0.2) is 0 Å². The number of carbonyl (C=O) groups excluding carboxylic acids is 2. The van der Waals surface area contributed by atoms with Crippen LogP contribution < -0.4 is 5.32 Å². The standard InChI is InChI=1S/C21H29N5O2/c1-21(2,3)18-13-25-16-9-7-6-8-15(16)12-17(25)20(28)26(23-18)14-19(27)22-10-11-24(4)5/h6-9,12H,10-11,13-14H2,1-5H3,(H,22,27). The summed E-state index contributed by atoms with van der Waals surface area (Å²) >= 11 is 0. The summed E-state index contributed by atoms with van der Waals surface area (Å²) in [5, 5.41) is 9.79. The van der Waals surface area contributed by atoms with Crippen molar-refractivity contribution in [1.29, 1.82) is 0 Å². The van der Waals surface area contributed by atoms with Gasteiger partial charge in [0.05, 0.1) is 12.3 Å². The van der Waals surface area contributed by atoms with Gasteiger partial charge in [0.25, 0.3) is 5.91 Å². The summed E-state index contributed by atoms with van der Waals surface area (Å²) in [6, 6.07) is 9.82. The number of amides is 2. The van der Waals surface area contributed by atoms with Gasteiger partial charge in [0.1, 0.15) is 12.2 Å². The molecule has 0 unspecified atom stereocenters. The zero-order valence-electron chi connectivity index (χ0n) is 17.3. The second-order valence-corrected chi connectivity index (χ2v) is 8.49. The van der Waals surface area contributed by atoms with Crippen LogP contribution in [0.4, 0.5) is 0 Å². The molecule has 0 spiro atoms. The lowest BCUT2D eigenvalue weighted by atomic mass is 9.90. The molecule has 3 rings (SSSR count). The third-order valence-electron chi connectivity index (χ3n) is 4.85. The van der Waals surface area contributed by atoms with Crippen molar-refractivity contribution in [2.45, 2.75) is 27.3 Å². The molecule has 28 heavy (non-hydrogen) atoms. The van der Waals surface area contributed by atoms with E-state index in [-0.39, 0.29) is 23.8 Å². The van der Waals surface area contributed by atoms with Crippen LogP contribution >= 0.6 is 0 Å². The number of benzene rings is 1. The molecule has 1 aromatic carbocycles. The zero-order chi connectivity index (χ0) is 20.5. The van der Waals surface area contributed by atoms with E-state index in [1.165, 1.54) is 5.01 Å². The van der Waals surface area contributed by atoms with Crippen LogP contribution in [-0.2, 0) is 11.3 Å². The average Bonchev–Trinajstić information content (AvgIpc) is 2.90. The van der Waals surface area contributed by atoms with Gasteiger partial charge in [-0.2, -0.15) is 5.10 Å². The van der Waals surface area contributed by atoms with E-state index in [1.807, 2.05) is 53.9 Å². The summed E-state index contributed by atoms with van der Waals surface area (Å²) < 4.78 is 2.01. The number of para-hydroxylation sites is 1. The van der Waals surface area contributed by atoms with Crippen LogP contribution in [0.5, 0.6) is 0 Å². The maximum absolute atomic E-state index is 13.2. The first-order valence-corrected chi connectivity index (χ1v) is 9.56. The Labute approximate surface area is 166 Å². The molecule has 1 N–H and O–H groups in total. The Bertz CT molecular complexity index is 921. The lowest BCUT2D eigenvalue weighted by Crippen LogP contribution is -2.40. The fraction of sp³-hybridized carbons (Fsp3) is 0.476. The van der Waals surface area contributed by atoms with Gasteiger partial charge in [-0.1, -0.05) is 39.0 Å². The third-order valence-corrected chi connectivity index (χ3v) is 4.85. The van der Waals surface area contributed by atoms with Gasteiger partial charge in [-0.25, -0.2) is 5.01 Å². The number of carbonyl (C=O) groups is 2. The molecular weight excluding hydrogens is 354 g/mol. The minimum Gasteiger partial charge on any atom is -0.353 e. The Morgan fingerprint density at radius 3 is 2.64 bits per heavy atom. The van der Waals surface area contributed by atoms with Gasteiger partial charge >= 0.3 is 0 Å². The van der Waals surface area contributed by atoms with Crippen LogP contribution in [0.15, 0.2) is 35.4 Å². The normalized spacial score (nSPS) is 14.9. The van der Waals surface area contributed by atoms with Crippen LogP contribution in [-0.4, -0.2) is 65.7 Å². The maximum Gasteiger partial charge on any atom is 0.291 e. The SMILES string of the molecule is CN(C)CCNC(=O)CN1N=C(C(C)(C)C)Cn2c(cc3ccccc32)C1=O. The number of hydrazone groups is 1. The van der Waals surface area contributed by atoms with Crippen molar-refractivity contribution in [3.63, 3.8) is 0 Å². The molecule has 2 aromatic rings. The molecule has 0 bridgehead atoms. The first-order chi connectivity index (χ1) is 13.2. The summed E-state index contributed by atoms with van der Waals surface area (Å²) in [5.41, 5.74) is 2.19. The molecule has 7 nitrogen and oxygen atoms in total. The number of aromatic nitrogens is 1. The largest absolute Gasteiger partial charge is 0.353 e. The zero-order valence-corrected chi connectivity index (χ0v) is 17.3. The molecule has 2 heterocycles. The molecule has 0 atom stereocenters. The number of nitrogens with zero attached hydrogens (tertiary/aromatic N) is 4. The van der Waals surface area contributed by atoms with Gasteiger partial charge in [0.2, 0.25) is 5.91 Å². The number of hydrogen-bond acceptors (Lipinski definition) is 4. The summed E-state index contributed by atoms with van der Waals surface area (Å²) in [4.78, 5) is 27.6. The molecule has 0 saturated carbocycles. The van der Waals surface area contributed by atoms with Crippen molar-refractivity contribution in [2.75, 3.05) is 33.7 Å². The topological polar surface area (TPSA) is 69.9 Å². The van der Waals surface area contributed by atoms with Crippen molar-refractivity contribution in [3.8, 4) is 0 Å². The molecule has 7 heteroatoms. The summed E-state index contributed by atoms with van der Waals surface area (Å²) in [5.74, 6) is -0.463. The highest BCUT2D eigenvalue weighted by Crippen LogP contribution is 2.27. The predicted molar refractivity (Wildman–Crippen MR) is 111 cm³/mol. The molecule has 1 aromatic heterocycles. The summed E-state index contributed by atoms with van der Waals surface area (Å²) in [6.45, 7) is 7.92. The molecule has 0 saturated heterocycles. The second kappa shape index (κ2) is 7.75. The Kier molecular flexibility index (Phi) is 5.56. The molecule has 0 aliphatic carbocycles. The molecule has 1 aliphatic heterocycles. The molecule has 0 radical (unpaired) electrons. The van der Waals surface area contributed by atoms with Gasteiger partial charge in [0, 0.05) is 29.4 Å². The number of hydrogen-bond donors (Lipinski definition) is 1. The van der Waals surface area contributed by atoms with Crippen molar-refractivity contribution >= 4 is 28.4 Å². The van der Waals surface area contributed by atoms with E-state index in [0.717, 1.165) is 23.2 Å². The van der Waals surface area contributed by atoms with E-state index in [9.17, 15) is 9.59 Å². The number of rotatable bonds is 5. The first-order valence-electron chi connectivity index (χ1n) is 9.56. The number of nitrogens with one attached hydrogen (secondary N) is 1. The van der Waals surface area contributed by atoms with E-state index in [2.05, 4.69) is 31.2 Å². The minimum absolute atomic E-state index is 0.0899. The fourth-order valence-corrected chi connectivity index (χ4v) is 3.17. The van der Waals surface area contributed by atoms with Gasteiger partial charge < -0.3 is 14.8 Å². The number of fused-ring (bicyclic) bond motifs is 3. The highest BCUT2D eigenvalue weighted by atomic mass is 16.2. The average molecular weight is 383 g/mol. The molecule has 0 fully saturated rings. The highest BCUT2D eigenvalue weighted by molar-refractivity contribution is 6.03. The van der Waals surface area contributed by atoms with Crippen LogP contribution in [0.3, 0.4) is 0 Å². The molecule has 1 aliphatic rings. The summed E-state index contributed by atoms with van der Waals surface area (Å²) in [6.07, 6.45) is 0. The summed E-state index contributed by atoms with van der Waals surface area (Å²) in [7, 11) is 3.90. The Hall–Kier alpha value is -2.67. The van der Waals surface area contributed by atoms with Gasteiger partial charge in [-0.15, -0.1) is 0 Å². The predicted octanol–water partition coefficient (Wildman–Crippen LogP) is 2.18. The van der Waals surface area contributed by atoms with Crippen LogP contribution in [0, 0.1) is 5.41 Å². The van der Waals surface area contributed by atoms with Gasteiger partial charge in [-0.3, -0.25) is 9.59 Å². The quantitative estimate of drug-likeness (QED) is 0.860. The van der Waals surface area contributed by atoms with Crippen LogP contribution in [0.2, 0.25) is 0 Å². The highest BCUT2D eigenvalue weighted by Gasteiger charge is 2.31. The molecular formula is C21H29N5O2. The Morgan fingerprint density at radius 2 is 1.96 bits per heavy atom. The van der Waals surface area contributed by atoms with E-state index < -0.39 is 0 Å². The molecule has 150 valence electrons.